The zero-order valence-corrected chi connectivity index (χ0v) is 13.4. The third-order valence-corrected chi connectivity index (χ3v) is 3.75. The first-order valence-electron chi connectivity index (χ1n) is 6.54. The van der Waals surface area contributed by atoms with E-state index < -0.39 is 11.6 Å². The number of halogens is 3. The van der Waals surface area contributed by atoms with Crippen molar-refractivity contribution in [3.8, 4) is 5.75 Å². The van der Waals surface area contributed by atoms with Crippen molar-refractivity contribution >= 4 is 15.9 Å². The lowest BCUT2D eigenvalue weighted by Gasteiger charge is -2.17. The van der Waals surface area contributed by atoms with Crippen LogP contribution in [0.1, 0.15) is 24.1 Å². The summed E-state index contributed by atoms with van der Waals surface area (Å²) in [7, 11) is 1.87. The lowest BCUT2D eigenvalue weighted by molar-refractivity contribution is 0.299. The average molecular weight is 356 g/mol. The van der Waals surface area contributed by atoms with Crippen molar-refractivity contribution in [1.29, 1.82) is 0 Å². The van der Waals surface area contributed by atoms with Crippen LogP contribution >= 0.6 is 15.9 Å². The lowest BCUT2D eigenvalue weighted by Crippen LogP contribution is -2.13. The minimum atomic E-state index is -0.867. The molecule has 1 unspecified atom stereocenters. The first-order valence-corrected chi connectivity index (χ1v) is 7.34. The quantitative estimate of drug-likeness (QED) is 0.846. The van der Waals surface area contributed by atoms with Gasteiger partial charge in [0.25, 0.3) is 0 Å². The normalized spacial score (nSPS) is 12.2. The Morgan fingerprint density at radius 3 is 2.57 bits per heavy atom. The van der Waals surface area contributed by atoms with Crippen molar-refractivity contribution in [3.05, 3.63) is 63.6 Å². The van der Waals surface area contributed by atoms with Gasteiger partial charge in [0.2, 0.25) is 0 Å². The predicted octanol–water partition coefficient (Wildman–Crippen LogP) is 4.59. The van der Waals surface area contributed by atoms with E-state index in [0.29, 0.717) is 11.3 Å². The van der Waals surface area contributed by atoms with Crippen LogP contribution in [0.2, 0.25) is 0 Å². The maximum atomic E-state index is 13.2. The summed E-state index contributed by atoms with van der Waals surface area (Å²) in [6, 6.07) is 9.65. The number of benzene rings is 2. The first kappa shape index (κ1) is 15.9. The van der Waals surface area contributed by atoms with Gasteiger partial charge in [-0.2, -0.15) is 0 Å². The second-order valence-corrected chi connectivity index (χ2v) is 5.65. The third-order valence-electron chi connectivity index (χ3n) is 3.25. The lowest BCUT2D eigenvalue weighted by atomic mass is 10.1. The molecular formula is C16H16BrF2NO. The highest BCUT2D eigenvalue weighted by molar-refractivity contribution is 9.10. The summed E-state index contributed by atoms with van der Waals surface area (Å²) in [5.74, 6) is -1.02. The van der Waals surface area contributed by atoms with Gasteiger partial charge in [-0.25, -0.2) is 8.78 Å². The summed E-state index contributed by atoms with van der Waals surface area (Å²) >= 11 is 3.40. The van der Waals surface area contributed by atoms with Gasteiger partial charge in [0.05, 0.1) is 0 Å². The average Bonchev–Trinajstić information content (AvgIpc) is 2.48. The van der Waals surface area contributed by atoms with Crippen molar-refractivity contribution in [1.82, 2.24) is 5.32 Å². The molecule has 0 amide bonds. The molecule has 2 nitrogen and oxygen atoms in total. The van der Waals surface area contributed by atoms with Crippen LogP contribution in [-0.2, 0) is 6.61 Å². The molecule has 2 aromatic rings. The molecule has 21 heavy (non-hydrogen) atoms. The van der Waals surface area contributed by atoms with Gasteiger partial charge < -0.3 is 10.1 Å². The van der Waals surface area contributed by atoms with E-state index in [0.717, 1.165) is 22.2 Å². The standard InChI is InChI=1S/C16H16BrF2NO/c1-10(20-2)13-5-4-12(17)8-16(13)21-9-11-3-6-14(18)15(19)7-11/h3-8,10,20H,9H2,1-2H3. The van der Waals surface area contributed by atoms with Crippen molar-refractivity contribution in [3.63, 3.8) is 0 Å². The molecule has 5 heteroatoms. The molecule has 0 saturated heterocycles. The van der Waals surface area contributed by atoms with Crippen LogP contribution < -0.4 is 10.1 Å². The molecule has 0 fully saturated rings. The number of nitrogens with one attached hydrogen (secondary N) is 1. The van der Waals surface area contributed by atoms with Gasteiger partial charge in [-0.3, -0.25) is 0 Å². The van der Waals surface area contributed by atoms with Crippen LogP contribution in [0.5, 0.6) is 5.75 Å². The zero-order chi connectivity index (χ0) is 15.4. The fraction of sp³-hybridized carbons (Fsp3) is 0.250. The van der Waals surface area contributed by atoms with Crippen LogP contribution in [0.15, 0.2) is 40.9 Å². The summed E-state index contributed by atoms with van der Waals surface area (Å²) < 4.78 is 32.7. The summed E-state index contributed by atoms with van der Waals surface area (Å²) in [6.07, 6.45) is 0. The minimum Gasteiger partial charge on any atom is -0.489 e. The van der Waals surface area contributed by atoms with E-state index >= 15 is 0 Å². The topological polar surface area (TPSA) is 21.3 Å². The van der Waals surface area contributed by atoms with Crippen LogP contribution in [0.4, 0.5) is 8.78 Å². The molecular weight excluding hydrogens is 340 g/mol. The van der Waals surface area contributed by atoms with E-state index in [2.05, 4.69) is 21.2 Å². The Morgan fingerprint density at radius 1 is 1.14 bits per heavy atom. The van der Waals surface area contributed by atoms with Gasteiger partial charge >= 0.3 is 0 Å². The molecule has 2 aromatic carbocycles. The van der Waals surface area contributed by atoms with Crippen molar-refractivity contribution < 1.29 is 13.5 Å². The SMILES string of the molecule is CNC(C)c1ccc(Br)cc1OCc1ccc(F)c(F)c1. The molecule has 0 bridgehead atoms. The molecule has 1 atom stereocenters. The molecule has 0 spiro atoms. The van der Waals surface area contributed by atoms with Crippen LogP contribution in [0.25, 0.3) is 0 Å². The Kier molecular flexibility index (Phi) is 5.31. The molecule has 0 heterocycles. The smallest absolute Gasteiger partial charge is 0.159 e. The Bertz CT molecular complexity index is 634. The van der Waals surface area contributed by atoms with Crippen LogP contribution in [0, 0.1) is 11.6 Å². The van der Waals surface area contributed by atoms with E-state index in [1.54, 1.807) is 0 Å². The molecule has 0 saturated carbocycles. The number of hydrogen-bond donors (Lipinski definition) is 1. The minimum absolute atomic E-state index is 0.123. The van der Waals surface area contributed by atoms with E-state index in [1.807, 2.05) is 32.2 Å². The van der Waals surface area contributed by atoms with E-state index in [9.17, 15) is 8.78 Å². The Labute approximate surface area is 131 Å². The van der Waals surface area contributed by atoms with Crippen molar-refractivity contribution in [2.75, 3.05) is 7.05 Å². The fourth-order valence-corrected chi connectivity index (χ4v) is 2.28. The number of ether oxygens (including phenoxy) is 1. The third kappa shape index (κ3) is 4.02. The van der Waals surface area contributed by atoms with Gasteiger partial charge in [0, 0.05) is 16.1 Å². The Morgan fingerprint density at radius 2 is 1.90 bits per heavy atom. The molecule has 0 aromatic heterocycles. The summed E-state index contributed by atoms with van der Waals surface area (Å²) in [4.78, 5) is 0. The summed E-state index contributed by atoms with van der Waals surface area (Å²) in [5, 5.41) is 3.15. The summed E-state index contributed by atoms with van der Waals surface area (Å²) in [6.45, 7) is 2.20. The van der Waals surface area contributed by atoms with Crippen molar-refractivity contribution in [2.45, 2.75) is 19.6 Å². The number of rotatable bonds is 5. The highest BCUT2D eigenvalue weighted by Crippen LogP contribution is 2.29. The van der Waals surface area contributed by atoms with Crippen LogP contribution in [0.3, 0.4) is 0 Å². The highest BCUT2D eigenvalue weighted by Gasteiger charge is 2.11. The second-order valence-electron chi connectivity index (χ2n) is 4.73. The molecule has 112 valence electrons. The fourth-order valence-electron chi connectivity index (χ4n) is 1.94. The predicted molar refractivity (Wildman–Crippen MR) is 82.3 cm³/mol. The first-order chi connectivity index (χ1) is 10.0. The van der Waals surface area contributed by atoms with Crippen molar-refractivity contribution in [2.24, 2.45) is 0 Å². The Balaban J connectivity index is 2.18. The molecule has 1 N–H and O–H groups in total. The van der Waals surface area contributed by atoms with E-state index in [1.165, 1.54) is 6.07 Å². The van der Waals surface area contributed by atoms with E-state index in [4.69, 9.17) is 4.74 Å². The molecule has 2 rings (SSSR count). The van der Waals surface area contributed by atoms with Gasteiger partial charge in [-0.1, -0.05) is 28.1 Å². The van der Waals surface area contributed by atoms with E-state index in [-0.39, 0.29) is 12.6 Å². The second kappa shape index (κ2) is 7.00. The maximum absolute atomic E-state index is 13.2. The largest absolute Gasteiger partial charge is 0.489 e. The summed E-state index contributed by atoms with van der Waals surface area (Å²) in [5.41, 5.74) is 1.58. The monoisotopic (exact) mass is 355 g/mol. The maximum Gasteiger partial charge on any atom is 0.159 e. The zero-order valence-electron chi connectivity index (χ0n) is 11.8. The van der Waals surface area contributed by atoms with Crippen LogP contribution in [-0.4, -0.2) is 7.05 Å². The number of hydrogen-bond acceptors (Lipinski definition) is 2. The van der Waals surface area contributed by atoms with Gasteiger partial charge in [-0.05, 0) is 43.8 Å². The molecule has 0 aliphatic carbocycles. The molecule has 0 aliphatic heterocycles. The Hall–Kier alpha value is -1.46. The molecule has 0 aliphatic rings. The molecule has 0 radical (unpaired) electrons. The van der Waals surface area contributed by atoms with Gasteiger partial charge in [-0.15, -0.1) is 0 Å². The van der Waals surface area contributed by atoms with Gasteiger partial charge in [0.1, 0.15) is 12.4 Å². The van der Waals surface area contributed by atoms with Gasteiger partial charge in [0.15, 0.2) is 11.6 Å². The highest BCUT2D eigenvalue weighted by atomic mass is 79.9.